The van der Waals surface area contributed by atoms with Crippen molar-refractivity contribution in [1.82, 2.24) is 9.21 Å². The van der Waals surface area contributed by atoms with E-state index in [0.717, 1.165) is 40.2 Å². The topological polar surface area (TPSA) is 69.7 Å². The summed E-state index contributed by atoms with van der Waals surface area (Å²) in [5.74, 6) is 0.326. The van der Waals surface area contributed by atoms with E-state index < -0.39 is 10.0 Å². The minimum Gasteiger partial charge on any atom is -0.315 e. The number of anilines is 1. The third-order valence-corrected chi connectivity index (χ3v) is 7.66. The number of benzene rings is 1. The predicted octanol–water partition coefficient (Wildman–Crippen LogP) is 3.57. The molecular formula is C19H22FN3O3S2. The van der Waals surface area contributed by atoms with Gasteiger partial charge in [0.15, 0.2) is 5.13 Å². The van der Waals surface area contributed by atoms with Gasteiger partial charge in [0, 0.05) is 30.2 Å². The zero-order chi connectivity index (χ0) is 19.9. The summed E-state index contributed by atoms with van der Waals surface area (Å²) < 4.78 is 38.0. The van der Waals surface area contributed by atoms with Gasteiger partial charge in [0.2, 0.25) is 10.0 Å². The van der Waals surface area contributed by atoms with Crippen LogP contribution in [0.5, 0.6) is 0 Å². The summed E-state index contributed by atoms with van der Waals surface area (Å²) in [5.41, 5.74) is 2.75. The molecule has 0 unspecified atom stereocenters. The van der Waals surface area contributed by atoms with E-state index in [1.807, 2.05) is 24.3 Å². The number of urea groups is 1. The molecule has 28 heavy (non-hydrogen) atoms. The molecule has 4 rings (SSSR count). The number of piperidine rings is 1. The van der Waals surface area contributed by atoms with Crippen molar-refractivity contribution in [2.24, 2.45) is 0 Å². The lowest BCUT2D eigenvalue weighted by atomic mass is 9.90. The zero-order valence-corrected chi connectivity index (χ0v) is 17.2. The molecule has 0 radical (unpaired) electrons. The quantitative estimate of drug-likeness (QED) is 0.821. The molecular weight excluding hydrogens is 401 g/mol. The first-order chi connectivity index (χ1) is 13.3. The molecule has 2 aliphatic rings. The summed E-state index contributed by atoms with van der Waals surface area (Å²) in [7, 11) is -3.12. The lowest BCUT2D eigenvalue weighted by Gasteiger charge is -2.30. The molecule has 1 aromatic heterocycles. The fraction of sp³-hybridized carbons (Fsp3) is 0.421. The third-order valence-electron chi connectivity index (χ3n) is 5.41. The summed E-state index contributed by atoms with van der Waals surface area (Å²) in [6, 6.07) is 9.04. The molecule has 0 aliphatic carbocycles. The molecule has 9 heteroatoms. The van der Waals surface area contributed by atoms with E-state index in [2.05, 4.69) is 5.32 Å². The molecule has 1 N–H and O–H groups in total. The molecule has 1 aromatic carbocycles. The number of hydrogen-bond donors (Lipinski definition) is 1. The van der Waals surface area contributed by atoms with E-state index in [-0.39, 0.29) is 11.2 Å². The highest BCUT2D eigenvalue weighted by Gasteiger charge is 2.27. The van der Waals surface area contributed by atoms with Gasteiger partial charge in [-0.25, -0.2) is 17.5 Å². The number of nitrogens with zero attached hydrogens (tertiary/aromatic N) is 2. The van der Waals surface area contributed by atoms with E-state index >= 15 is 0 Å². The lowest BCUT2D eigenvalue weighted by Crippen LogP contribution is -2.37. The van der Waals surface area contributed by atoms with Crippen LogP contribution in [0.15, 0.2) is 30.3 Å². The molecule has 3 heterocycles. The molecule has 0 atom stereocenters. The first-order valence-corrected chi connectivity index (χ1v) is 11.8. The number of amides is 2. The average molecular weight is 424 g/mol. The molecule has 1 saturated heterocycles. The number of rotatable bonds is 3. The van der Waals surface area contributed by atoms with Gasteiger partial charge in [-0.2, -0.15) is 4.39 Å². The molecule has 0 bridgehead atoms. The summed E-state index contributed by atoms with van der Waals surface area (Å²) in [6.07, 6.45) is 2.85. The molecule has 2 amide bonds. The Bertz CT molecular complexity index is 957. The second-order valence-electron chi connectivity index (χ2n) is 7.34. The summed E-state index contributed by atoms with van der Waals surface area (Å²) in [6.45, 7) is 1.95. The number of fused-ring (bicyclic) bond motifs is 1. The fourth-order valence-electron chi connectivity index (χ4n) is 3.84. The van der Waals surface area contributed by atoms with E-state index in [1.54, 1.807) is 4.90 Å². The van der Waals surface area contributed by atoms with Crippen molar-refractivity contribution in [1.29, 1.82) is 0 Å². The molecule has 2 aliphatic heterocycles. The second kappa shape index (κ2) is 7.46. The van der Waals surface area contributed by atoms with Crippen LogP contribution in [0.4, 0.5) is 14.9 Å². The van der Waals surface area contributed by atoms with E-state index in [0.29, 0.717) is 37.8 Å². The maximum atomic E-state index is 13.2. The normalized spacial score (nSPS) is 18.3. The number of carbonyl (C=O) groups is 1. The molecule has 1 fully saturated rings. The SMILES string of the molecule is CS(=O)(=O)N1CCC(c2ccc(NC(=O)N3Cc4cc(F)sc4C3)cc2)CC1. The van der Waals surface area contributed by atoms with E-state index in [1.165, 1.54) is 16.6 Å². The van der Waals surface area contributed by atoms with Crippen LogP contribution in [0.3, 0.4) is 0 Å². The lowest BCUT2D eigenvalue weighted by molar-refractivity contribution is 0.212. The highest BCUT2D eigenvalue weighted by atomic mass is 32.2. The Balaban J connectivity index is 1.33. The first-order valence-electron chi connectivity index (χ1n) is 9.18. The second-order valence-corrected chi connectivity index (χ2v) is 10.4. The Morgan fingerprint density at radius 3 is 2.46 bits per heavy atom. The van der Waals surface area contributed by atoms with Crippen LogP contribution in [-0.2, 0) is 23.1 Å². The summed E-state index contributed by atoms with van der Waals surface area (Å²) in [4.78, 5) is 15.0. The van der Waals surface area contributed by atoms with Crippen LogP contribution < -0.4 is 5.32 Å². The van der Waals surface area contributed by atoms with Crippen molar-refractivity contribution in [3.05, 3.63) is 51.5 Å². The molecule has 0 saturated carbocycles. The Hall–Kier alpha value is -1.97. The average Bonchev–Trinajstić information content (AvgIpc) is 3.19. The number of thiophene rings is 1. The number of hydrogen-bond acceptors (Lipinski definition) is 4. The predicted molar refractivity (Wildman–Crippen MR) is 107 cm³/mol. The Kier molecular flexibility index (Phi) is 5.15. The van der Waals surface area contributed by atoms with Gasteiger partial charge in [-0.15, -0.1) is 11.3 Å². The number of carbonyl (C=O) groups excluding carboxylic acids is 1. The smallest absolute Gasteiger partial charge is 0.315 e. The van der Waals surface area contributed by atoms with E-state index in [9.17, 15) is 17.6 Å². The highest BCUT2D eigenvalue weighted by molar-refractivity contribution is 7.88. The number of nitrogens with one attached hydrogen (secondary N) is 1. The molecule has 2 aromatic rings. The third kappa shape index (κ3) is 4.06. The van der Waals surface area contributed by atoms with Crippen molar-refractivity contribution in [3.8, 4) is 0 Å². The zero-order valence-electron chi connectivity index (χ0n) is 15.5. The summed E-state index contributed by atoms with van der Waals surface area (Å²) >= 11 is 1.09. The van der Waals surface area contributed by atoms with Gasteiger partial charge in [0.05, 0.1) is 12.8 Å². The monoisotopic (exact) mass is 423 g/mol. The van der Waals surface area contributed by atoms with Crippen LogP contribution in [0.2, 0.25) is 0 Å². The maximum absolute atomic E-state index is 13.2. The minimum atomic E-state index is -3.12. The Morgan fingerprint density at radius 1 is 1.18 bits per heavy atom. The van der Waals surface area contributed by atoms with Crippen LogP contribution in [0.25, 0.3) is 0 Å². The van der Waals surface area contributed by atoms with Crippen LogP contribution in [-0.4, -0.2) is 43.0 Å². The molecule has 6 nitrogen and oxygen atoms in total. The van der Waals surface area contributed by atoms with Crippen LogP contribution in [0.1, 0.15) is 34.8 Å². The van der Waals surface area contributed by atoms with Gasteiger partial charge >= 0.3 is 6.03 Å². The van der Waals surface area contributed by atoms with Crippen molar-refractivity contribution in [3.63, 3.8) is 0 Å². The van der Waals surface area contributed by atoms with Crippen molar-refractivity contribution in [2.45, 2.75) is 31.8 Å². The van der Waals surface area contributed by atoms with Crippen molar-refractivity contribution < 1.29 is 17.6 Å². The van der Waals surface area contributed by atoms with Crippen molar-refractivity contribution >= 4 is 33.1 Å². The Labute approximate surface area is 168 Å². The maximum Gasteiger partial charge on any atom is 0.322 e. The van der Waals surface area contributed by atoms with Gasteiger partial charge in [0.1, 0.15) is 0 Å². The number of sulfonamides is 1. The molecule has 150 valence electrons. The number of halogens is 1. The van der Waals surface area contributed by atoms with Crippen LogP contribution in [0, 0.1) is 5.13 Å². The van der Waals surface area contributed by atoms with Gasteiger partial charge in [-0.1, -0.05) is 12.1 Å². The summed E-state index contributed by atoms with van der Waals surface area (Å²) in [5, 5.41) is 2.69. The Morgan fingerprint density at radius 2 is 1.86 bits per heavy atom. The minimum absolute atomic E-state index is 0.196. The van der Waals surface area contributed by atoms with Crippen LogP contribution >= 0.6 is 11.3 Å². The van der Waals surface area contributed by atoms with E-state index in [4.69, 9.17) is 0 Å². The van der Waals surface area contributed by atoms with Crippen molar-refractivity contribution in [2.75, 3.05) is 24.7 Å². The standard InChI is InChI=1S/C19H22FN3O3S2/c1-28(25,26)23-8-6-14(7-9-23)13-2-4-16(5-3-13)21-19(24)22-11-15-10-18(20)27-17(15)12-22/h2-5,10,14H,6-9,11-12H2,1H3,(H,21,24). The fourth-order valence-corrected chi connectivity index (χ4v) is 5.62. The van der Waals surface area contributed by atoms with Gasteiger partial charge in [0.25, 0.3) is 0 Å². The van der Waals surface area contributed by atoms with Gasteiger partial charge in [-0.05, 0) is 48.1 Å². The first kappa shape index (κ1) is 19.4. The molecule has 0 spiro atoms. The van der Waals surface area contributed by atoms with Gasteiger partial charge < -0.3 is 10.2 Å². The van der Waals surface area contributed by atoms with Gasteiger partial charge in [-0.3, -0.25) is 0 Å². The highest BCUT2D eigenvalue weighted by Crippen LogP contribution is 2.31. The largest absolute Gasteiger partial charge is 0.322 e.